The Kier molecular flexibility index (Phi) is 6.27. The van der Waals surface area contributed by atoms with Crippen LogP contribution in [0.1, 0.15) is 27.0 Å². The van der Waals surface area contributed by atoms with Crippen LogP contribution < -0.4 is 20.6 Å². The minimum absolute atomic E-state index is 0.143. The zero-order valence-electron chi connectivity index (χ0n) is 15.0. The number of carbonyl (C=O) groups excluding carboxylic acids is 3. The van der Waals surface area contributed by atoms with Gasteiger partial charge in [-0.2, -0.15) is 5.10 Å². The lowest BCUT2D eigenvalue weighted by Crippen LogP contribution is -2.32. The van der Waals surface area contributed by atoms with E-state index < -0.39 is 17.8 Å². The van der Waals surface area contributed by atoms with E-state index in [-0.39, 0.29) is 11.3 Å². The zero-order valence-corrected chi connectivity index (χ0v) is 15.0. The summed E-state index contributed by atoms with van der Waals surface area (Å²) >= 11 is 0. The van der Waals surface area contributed by atoms with Gasteiger partial charge in [-0.1, -0.05) is 6.07 Å². The van der Waals surface area contributed by atoms with Crippen LogP contribution in [0, 0.1) is 13.8 Å². The fraction of sp³-hybridized carbons (Fsp3) is 0.158. The zero-order chi connectivity index (χ0) is 20.0. The molecule has 0 spiro atoms. The summed E-state index contributed by atoms with van der Waals surface area (Å²) in [6, 6.07) is 9.52. The van der Waals surface area contributed by atoms with Crippen molar-refractivity contribution in [2.75, 3.05) is 12.4 Å². The largest absolute Gasteiger partial charge is 0.545 e. The molecule has 0 unspecified atom stereocenters. The number of amides is 2. The van der Waals surface area contributed by atoms with Crippen molar-refractivity contribution in [3.8, 4) is 5.75 Å². The summed E-state index contributed by atoms with van der Waals surface area (Å²) in [6.45, 7) is 3.83. The van der Waals surface area contributed by atoms with Gasteiger partial charge in [0.05, 0.1) is 19.3 Å². The van der Waals surface area contributed by atoms with Crippen molar-refractivity contribution in [3.63, 3.8) is 0 Å². The number of methoxy groups -OCH3 is 1. The Morgan fingerprint density at radius 2 is 1.78 bits per heavy atom. The molecule has 0 aliphatic rings. The minimum Gasteiger partial charge on any atom is -0.545 e. The van der Waals surface area contributed by atoms with Gasteiger partial charge in [0, 0.05) is 11.3 Å². The third kappa shape index (κ3) is 5.15. The van der Waals surface area contributed by atoms with Crippen LogP contribution in [-0.4, -0.2) is 31.1 Å². The third-order valence-electron chi connectivity index (χ3n) is 3.79. The van der Waals surface area contributed by atoms with E-state index in [2.05, 4.69) is 15.8 Å². The van der Waals surface area contributed by atoms with Crippen LogP contribution in [-0.2, 0) is 9.59 Å². The molecule has 2 aromatic carbocycles. The molecule has 0 saturated heterocycles. The highest BCUT2D eigenvalue weighted by atomic mass is 16.5. The molecular weight excluding hydrogens is 350 g/mol. The number of hydrogen-bond acceptors (Lipinski definition) is 6. The van der Waals surface area contributed by atoms with Gasteiger partial charge >= 0.3 is 11.8 Å². The summed E-state index contributed by atoms with van der Waals surface area (Å²) < 4.78 is 4.92. The van der Waals surface area contributed by atoms with E-state index in [1.807, 2.05) is 19.9 Å². The number of rotatable bonds is 5. The molecule has 0 aliphatic heterocycles. The smallest absolute Gasteiger partial charge is 0.329 e. The molecule has 8 heteroatoms. The van der Waals surface area contributed by atoms with Gasteiger partial charge in [0.15, 0.2) is 0 Å². The number of aryl methyl sites for hydroxylation is 2. The van der Waals surface area contributed by atoms with E-state index in [9.17, 15) is 19.5 Å². The average Bonchev–Trinajstić information content (AvgIpc) is 2.64. The van der Waals surface area contributed by atoms with Crippen LogP contribution in [0.4, 0.5) is 5.69 Å². The van der Waals surface area contributed by atoms with Crippen LogP contribution >= 0.6 is 0 Å². The number of ether oxygens (including phenoxy) is 1. The second kappa shape index (κ2) is 8.61. The van der Waals surface area contributed by atoms with Crippen LogP contribution in [0.15, 0.2) is 41.5 Å². The fourth-order valence-corrected chi connectivity index (χ4v) is 2.19. The molecule has 2 amide bonds. The molecule has 0 heterocycles. The number of hydrogen-bond donors (Lipinski definition) is 2. The summed E-state index contributed by atoms with van der Waals surface area (Å²) in [7, 11) is 1.34. The topological polar surface area (TPSA) is 120 Å². The number of carbonyl (C=O) groups is 3. The summed E-state index contributed by atoms with van der Waals surface area (Å²) in [5.41, 5.74) is 4.85. The predicted octanol–water partition coefficient (Wildman–Crippen LogP) is 0.764. The minimum atomic E-state index is -1.40. The molecular formula is C19H18N3O5-. The van der Waals surface area contributed by atoms with Crippen LogP contribution in [0.5, 0.6) is 5.75 Å². The number of nitrogens with zero attached hydrogens (tertiary/aromatic N) is 1. The number of benzene rings is 2. The molecule has 8 nitrogen and oxygen atoms in total. The Balaban J connectivity index is 1.99. The Morgan fingerprint density at radius 3 is 2.41 bits per heavy atom. The van der Waals surface area contributed by atoms with E-state index in [1.165, 1.54) is 31.5 Å². The standard InChI is InChI=1S/C19H19N3O5/c1-11-4-6-14(8-12(11)2)21-17(23)18(24)22-20-10-13-5-7-16(27-3)15(9-13)19(25)26/h4-10H,1-3H3,(H,21,23)(H,22,24)(H,25,26)/p-1/b20-10-. The molecule has 140 valence electrons. The molecule has 2 aromatic rings. The van der Waals surface area contributed by atoms with Crippen molar-refractivity contribution in [1.29, 1.82) is 0 Å². The van der Waals surface area contributed by atoms with E-state index in [1.54, 1.807) is 12.1 Å². The van der Waals surface area contributed by atoms with Gasteiger partial charge in [0.25, 0.3) is 0 Å². The van der Waals surface area contributed by atoms with E-state index in [0.717, 1.165) is 11.1 Å². The first-order valence-electron chi connectivity index (χ1n) is 7.93. The lowest BCUT2D eigenvalue weighted by atomic mass is 10.1. The van der Waals surface area contributed by atoms with Gasteiger partial charge in [-0.05, 0) is 60.9 Å². The highest BCUT2D eigenvalue weighted by molar-refractivity contribution is 6.39. The first kappa shape index (κ1) is 19.6. The molecule has 27 heavy (non-hydrogen) atoms. The Labute approximate surface area is 155 Å². The lowest BCUT2D eigenvalue weighted by molar-refractivity contribution is -0.255. The van der Waals surface area contributed by atoms with Crippen molar-refractivity contribution < 1.29 is 24.2 Å². The number of hydrazone groups is 1. The van der Waals surface area contributed by atoms with Gasteiger partial charge in [-0.3, -0.25) is 9.59 Å². The maximum atomic E-state index is 11.9. The van der Waals surface area contributed by atoms with E-state index in [4.69, 9.17) is 4.74 Å². The summed E-state index contributed by atoms with van der Waals surface area (Å²) in [5.74, 6) is -3.10. The molecule has 0 fully saturated rings. The van der Waals surface area contributed by atoms with Crippen molar-refractivity contribution >= 4 is 29.7 Å². The number of aromatic carboxylic acids is 1. The van der Waals surface area contributed by atoms with Crippen LogP contribution in [0.3, 0.4) is 0 Å². The molecule has 0 bridgehead atoms. The van der Waals surface area contributed by atoms with E-state index in [0.29, 0.717) is 11.3 Å². The monoisotopic (exact) mass is 368 g/mol. The normalized spacial score (nSPS) is 10.5. The van der Waals surface area contributed by atoms with Crippen molar-refractivity contribution in [2.24, 2.45) is 5.10 Å². The first-order valence-corrected chi connectivity index (χ1v) is 7.93. The highest BCUT2D eigenvalue weighted by Gasteiger charge is 2.13. The van der Waals surface area contributed by atoms with Gasteiger partial charge in [0.1, 0.15) is 5.75 Å². The van der Waals surface area contributed by atoms with Crippen LogP contribution in [0.2, 0.25) is 0 Å². The third-order valence-corrected chi connectivity index (χ3v) is 3.79. The number of carboxylic acids is 1. The summed E-state index contributed by atoms with van der Waals surface area (Å²) in [5, 5.41) is 17.2. The molecule has 0 aliphatic carbocycles. The Bertz CT molecular complexity index is 922. The second-order valence-electron chi connectivity index (χ2n) is 5.70. The van der Waals surface area contributed by atoms with Crippen molar-refractivity contribution in [3.05, 3.63) is 58.7 Å². The highest BCUT2D eigenvalue weighted by Crippen LogP contribution is 2.18. The number of carboxylic acid groups (broad SMARTS) is 1. The van der Waals surface area contributed by atoms with Crippen molar-refractivity contribution in [2.45, 2.75) is 13.8 Å². The summed E-state index contributed by atoms with van der Waals surface area (Å²) in [6.07, 6.45) is 1.20. The molecule has 2 N–H and O–H groups in total. The maximum absolute atomic E-state index is 11.9. The SMILES string of the molecule is COc1ccc(/C=N\NC(=O)C(=O)Nc2ccc(C)c(C)c2)cc1C(=O)[O-]. The van der Waals surface area contributed by atoms with E-state index >= 15 is 0 Å². The second-order valence-corrected chi connectivity index (χ2v) is 5.70. The predicted molar refractivity (Wildman–Crippen MR) is 97.6 cm³/mol. The number of nitrogens with one attached hydrogen (secondary N) is 2. The Morgan fingerprint density at radius 1 is 1.04 bits per heavy atom. The van der Waals surface area contributed by atoms with Gasteiger partial charge in [0.2, 0.25) is 0 Å². The molecule has 2 rings (SSSR count). The number of anilines is 1. The molecule has 0 aromatic heterocycles. The molecule has 0 saturated carbocycles. The van der Waals surface area contributed by atoms with Gasteiger partial charge < -0.3 is 20.0 Å². The van der Waals surface area contributed by atoms with Gasteiger partial charge in [-0.25, -0.2) is 5.43 Å². The average molecular weight is 368 g/mol. The quantitative estimate of drug-likeness (QED) is 0.459. The molecule has 0 atom stereocenters. The van der Waals surface area contributed by atoms with Crippen LogP contribution in [0.25, 0.3) is 0 Å². The summed E-state index contributed by atoms with van der Waals surface area (Å²) in [4.78, 5) is 34.7. The van der Waals surface area contributed by atoms with Crippen molar-refractivity contribution in [1.82, 2.24) is 5.43 Å². The maximum Gasteiger partial charge on any atom is 0.329 e. The molecule has 0 radical (unpaired) electrons. The first-order chi connectivity index (χ1) is 12.8. The lowest BCUT2D eigenvalue weighted by Gasteiger charge is -2.09. The Hall–Kier alpha value is -3.68. The van der Waals surface area contributed by atoms with Gasteiger partial charge in [-0.15, -0.1) is 0 Å². The fourth-order valence-electron chi connectivity index (χ4n) is 2.19.